The van der Waals surface area contributed by atoms with E-state index in [2.05, 4.69) is 37.8 Å². The highest BCUT2D eigenvalue weighted by atomic mass is 16.5. The van der Waals surface area contributed by atoms with Gasteiger partial charge in [0, 0.05) is 54.1 Å². The molecule has 0 spiro atoms. The average Bonchev–Trinajstić information content (AvgIpc) is 3.35. The van der Waals surface area contributed by atoms with E-state index in [1.165, 1.54) is 0 Å². The van der Waals surface area contributed by atoms with E-state index in [0.717, 1.165) is 72.4 Å². The molecule has 0 atom stereocenters. The van der Waals surface area contributed by atoms with Crippen molar-refractivity contribution < 1.29 is 8.85 Å². The van der Waals surface area contributed by atoms with Gasteiger partial charge in [-0.05, 0) is 62.5 Å². The van der Waals surface area contributed by atoms with E-state index < -0.39 is 6.98 Å². The number of piperazine rings is 1. The lowest BCUT2D eigenvalue weighted by Crippen LogP contribution is -2.49. The zero-order valence-electron chi connectivity index (χ0n) is 23.4. The molecule has 1 aliphatic heterocycles. The highest BCUT2D eigenvalue weighted by molar-refractivity contribution is 6.00. The molecular formula is C29H34N6O. The van der Waals surface area contributed by atoms with E-state index in [-0.39, 0.29) is 0 Å². The van der Waals surface area contributed by atoms with E-state index in [9.17, 15) is 0 Å². The van der Waals surface area contributed by atoms with Crippen molar-refractivity contribution in [3.8, 4) is 22.6 Å². The van der Waals surface area contributed by atoms with Gasteiger partial charge >= 0.3 is 0 Å². The second kappa shape index (κ2) is 9.91. The first-order valence-corrected chi connectivity index (χ1v) is 12.8. The van der Waals surface area contributed by atoms with Crippen LogP contribution in [0, 0.1) is 0 Å². The number of likely N-dealkylation sites (N-methyl/N-ethyl adjacent to an activating group) is 1. The quantitative estimate of drug-likeness (QED) is 0.419. The van der Waals surface area contributed by atoms with Crippen LogP contribution in [-0.4, -0.2) is 63.5 Å². The number of nitrogen functional groups attached to an aromatic ring is 1. The van der Waals surface area contributed by atoms with Gasteiger partial charge in [-0.15, -0.1) is 0 Å². The first kappa shape index (κ1) is 19.7. The van der Waals surface area contributed by atoms with Crippen LogP contribution < -0.4 is 10.5 Å². The Morgan fingerprint density at radius 1 is 0.861 bits per heavy atom. The van der Waals surface area contributed by atoms with Crippen molar-refractivity contribution in [1.29, 1.82) is 0 Å². The van der Waals surface area contributed by atoms with Gasteiger partial charge in [0.05, 0.1) is 5.39 Å². The normalized spacial score (nSPS) is 23.2. The van der Waals surface area contributed by atoms with Crippen LogP contribution in [0.4, 0.5) is 5.82 Å². The monoisotopic (exact) mass is 485 g/mol. The van der Waals surface area contributed by atoms with Gasteiger partial charge in [0.2, 0.25) is 0 Å². The molecule has 0 unspecified atom stereocenters. The summed E-state index contributed by atoms with van der Waals surface area (Å²) in [4.78, 5) is 13.1. The Labute approximate surface area is 216 Å². The van der Waals surface area contributed by atoms with Gasteiger partial charge in [-0.2, -0.15) is 0 Å². The van der Waals surface area contributed by atoms with Crippen LogP contribution in [0.3, 0.4) is 0 Å². The van der Waals surface area contributed by atoms with Crippen molar-refractivity contribution in [1.82, 2.24) is 24.3 Å². The van der Waals surface area contributed by atoms with Crippen LogP contribution in [0.25, 0.3) is 22.2 Å². The molecule has 36 heavy (non-hydrogen) atoms. The number of nitrogens with zero attached hydrogens (tertiary/aromatic N) is 5. The summed E-state index contributed by atoms with van der Waals surface area (Å²) in [5, 5.41) is 0.886. The summed E-state index contributed by atoms with van der Waals surface area (Å²) in [5.41, 5.74) is 9.33. The molecule has 7 heteroatoms. The van der Waals surface area contributed by atoms with Crippen LogP contribution >= 0.6 is 0 Å². The topological polar surface area (TPSA) is 72.4 Å². The molecule has 3 heterocycles. The van der Waals surface area contributed by atoms with Crippen LogP contribution in [0.5, 0.6) is 11.5 Å². The third-order valence-corrected chi connectivity index (χ3v) is 7.67. The molecular weight excluding hydrogens is 448 g/mol. The number of hydrogen-bond acceptors (Lipinski definition) is 6. The minimum absolute atomic E-state index is 0.330. The van der Waals surface area contributed by atoms with E-state index in [1.807, 2.05) is 42.5 Å². The van der Waals surface area contributed by atoms with Crippen molar-refractivity contribution >= 4 is 16.9 Å². The minimum atomic E-state index is -1.99. The predicted octanol–water partition coefficient (Wildman–Crippen LogP) is 5.20. The van der Waals surface area contributed by atoms with Gasteiger partial charge in [-0.3, -0.25) is 4.90 Å². The summed E-state index contributed by atoms with van der Waals surface area (Å²) < 4.78 is 31.3. The molecule has 186 valence electrons. The Hall–Kier alpha value is -3.42. The van der Waals surface area contributed by atoms with Crippen molar-refractivity contribution in [3.05, 3.63) is 67.1 Å². The van der Waals surface area contributed by atoms with E-state index >= 15 is 0 Å². The van der Waals surface area contributed by atoms with Crippen LogP contribution in [0.15, 0.2) is 67.1 Å². The molecule has 2 aromatic heterocycles. The molecule has 2 fully saturated rings. The molecule has 7 nitrogen and oxygen atoms in total. The van der Waals surface area contributed by atoms with Gasteiger partial charge < -0.3 is 19.9 Å². The molecule has 1 saturated heterocycles. The molecule has 2 aromatic carbocycles. The fraction of sp³-hybridized carbons (Fsp3) is 0.379. The number of rotatable bonds is 5. The molecule has 6 rings (SSSR count). The van der Waals surface area contributed by atoms with E-state index in [1.54, 1.807) is 11.2 Å². The first-order valence-electron chi connectivity index (χ1n) is 14.3. The zero-order valence-corrected chi connectivity index (χ0v) is 20.4. The Bertz CT molecular complexity index is 1410. The summed E-state index contributed by atoms with van der Waals surface area (Å²) in [6, 6.07) is 18.6. The number of nitrogens with two attached hydrogens (primary N) is 1. The minimum Gasteiger partial charge on any atom is -0.457 e. The number of hydrogen-bond donors (Lipinski definition) is 1. The molecule has 2 N–H and O–H groups in total. The van der Waals surface area contributed by atoms with E-state index in [0.29, 0.717) is 31.0 Å². The van der Waals surface area contributed by atoms with Gasteiger partial charge in [0.25, 0.3) is 0 Å². The number of anilines is 1. The predicted molar refractivity (Wildman–Crippen MR) is 144 cm³/mol. The molecule has 0 bridgehead atoms. The lowest BCUT2D eigenvalue weighted by molar-refractivity contribution is 0.0828. The molecule has 1 aliphatic carbocycles. The van der Waals surface area contributed by atoms with Crippen molar-refractivity contribution in [2.75, 3.05) is 38.9 Å². The maximum absolute atomic E-state index is 7.67. The lowest BCUT2D eigenvalue weighted by Gasteiger charge is -2.41. The Morgan fingerprint density at radius 3 is 2.28 bits per heavy atom. The van der Waals surface area contributed by atoms with Gasteiger partial charge in [0.15, 0.2) is 0 Å². The van der Waals surface area contributed by atoms with Crippen molar-refractivity contribution in [2.24, 2.45) is 0 Å². The SMILES string of the molecule is [2H]C([2H])([2H])N1CCN(C2CCC(n3cc(-c4ccc(Oc5ccccc5)cc4)c4c(N)ncnc43)CC2)CC1. The Balaban J connectivity index is 1.18. The molecule has 1 saturated carbocycles. The Kier molecular flexibility index (Phi) is 5.43. The molecule has 0 radical (unpaired) electrons. The van der Waals surface area contributed by atoms with Crippen LogP contribution in [0.1, 0.15) is 35.8 Å². The summed E-state index contributed by atoms with van der Waals surface area (Å²) in [7, 11) is 0. The maximum atomic E-state index is 7.67. The number of ether oxygens (including phenoxy) is 1. The largest absolute Gasteiger partial charge is 0.457 e. The molecule has 4 aromatic rings. The molecule has 0 amide bonds. The summed E-state index contributed by atoms with van der Waals surface area (Å²) in [5.74, 6) is 2.06. The number of fused-ring (bicyclic) bond motifs is 1. The smallest absolute Gasteiger partial charge is 0.146 e. The second-order valence-electron chi connectivity index (χ2n) is 9.83. The summed E-state index contributed by atoms with van der Waals surface area (Å²) in [6.45, 7) is 0.854. The summed E-state index contributed by atoms with van der Waals surface area (Å²) in [6.07, 6.45) is 7.98. The van der Waals surface area contributed by atoms with Gasteiger partial charge in [-0.1, -0.05) is 30.3 Å². The van der Waals surface area contributed by atoms with Gasteiger partial charge in [-0.25, -0.2) is 9.97 Å². The van der Waals surface area contributed by atoms with Gasteiger partial charge in [0.1, 0.15) is 29.3 Å². The highest BCUT2D eigenvalue weighted by Gasteiger charge is 2.29. The first-order chi connectivity index (χ1) is 18.9. The summed E-state index contributed by atoms with van der Waals surface area (Å²) >= 11 is 0. The lowest BCUT2D eigenvalue weighted by atomic mass is 9.89. The Morgan fingerprint density at radius 2 is 1.56 bits per heavy atom. The maximum Gasteiger partial charge on any atom is 0.146 e. The fourth-order valence-electron chi connectivity index (χ4n) is 5.72. The second-order valence-corrected chi connectivity index (χ2v) is 9.83. The number of benzene rings is 2. The third kappa shape index (κ3) is 4.56. The standard InChI is InChI=1S/C29H34N6O/c1-33-15-17-34(18-16-33)22-9-11-23(12-10-22)35-19-26(27-28(30)31-20-32-29(27)35)21-7-13-25(14-8-21)36-24-5-3-2-4-6-24/h2-8,13-14,19-20,22-23H,9-12,15-18H2,1H3,(H2,30,31,32)/i1D3. The van der Waals surface area contributed by atoms with Crippen LogP contribution in [-0.2, 0) is 0 Å². The van der Waals surface area contributed by atoms with E-state index in [4.69, 9.17) is 14.6 Å². The molecule has 2 aliphatic rings. The van der Waals surface area contributed by atoms with Crippen molar-refractivity contribution in [2.45, 2.75) is 37.8 Å². The number of aromatic nitrogens is 3. The fourth-order valence-corrected chi connectivity index (χ4v) is 5.72. The zero-order chi connectivity index (χ0) is 27.0. The highest BCUT2D eigenvalue weighted by Crippen LogP contribution is 2.39. The van der Waals surface area contributed by atoms with Crippen molar-refractivity contribution in [3.63, 3.8) is 0 Å². The average molecular weight is 486 g/mol. The number of para-hydroxylation sites is 1. The third-order valence-electron chi connectivity index (χ3n) is 7.67. The van der Waals surface area contributed by atoms with Crippen LogP contribution in [0.2, 0.25) is 0 Å².